The lowest BCUT2D eigenvalue weighted by Gasteiger charge is -2.30. The first-order valence-electron chi connectivity index (χ1n) is 11.4. The van der Waals surface area contributed by atoms with Crippen LogP contribution in [-0.4, -0.2) is 28.5 Å². The number of nitrogens with zero attached hydrogens (tertiary/aromatic N) is 3. The van der Waals surface area contributed by atoms with Crippen LogP contribution in [-0.2, 0) is 9.53 Å². The topological polar surface area (TPSA) is 72.4 Å². The molecule has 5 aromatic rings. The normalized spacial score (nSPS) is 12.1. The molecule has 1 aliphatic heterocycles. The number of hydrogen-bond donors (Lipinski definition) is 0. The molecule has 0 radical (unpaired) electrons. The third-order valence-corrected chi connectivity index (χ3v) is 7.05. The fourth-order valence-electron chi connectivity index (χ4n) is 4.26. The van der Waals surface area contributed by atoms with Crippen molar-refractivity contribution in [1.29, 1.82) is 0 Å². The van der Waals surface area contributed by atoms with Gasteiger partial charge in [-0.25, -0.2) is 9.78 Å². The summed E-state index contributed by atoms with van der Waals surface area (Å²) in [5.74, 6) is -0.901. The molecule has 2 aromatic heterocycles. The van der Waals surface area contributed by atoms with E-state index >= 15 is 0 Å². The van der Waals surface area contributed by atoms with Crippen molar-refractivity contribution < 1.29 is 14.3 Å². The van der Waals surface area contributed by atoms with Crippen LogP contribution >= 0.6 is 11.8 Å². The molecule has 0 spiro atoms. The Balaban J connectivity index is 1.31. The van der Waals surface area contributed by atoms with E-state index in [-0.39, 0.29) is 5.91 Å². The molecule has 0 atom stereocenters. The highest BCUT2D eigenvalue weighted by Gasteiger charge is 2.28. The second kappa shape index (κ2) is 9.28. The van der Waals surface area contributed by atoms with E-state index in [9.17, 15) is 9.59 Å². The number of carbonyl (C=O) groups is 2. The van der Waals surface area contributed by atoms with Crippen molar-refractivity contribution in [3.63, 3.8) is 0 Å². The lowest BCUT2D eigenvalue weighted by Crippen LogP contribution is -2.32. The Kier molecular flexibility index (Phi) is 5.67. The Bertz CT molecular complexity index is 1580. The minimum atomic E-state index is -0.579. The molecular formula is C29H19N3O3S. The summed E-state index contributed by atoms with van der Waals surface area (Å²) in [5.41, 5.74) is 4.04. The number of amides is 1. The van der Waals surface area contributed by atoms with Crippen LogP contribution in [0.2, 0.25) is 0 Å². The Morgan fingerprint density at radius 2 is 1.44 bits per heavy atom. The number of esters is 1. The maximum Gasteiger partial charge on any atom is 0.339 e. The molecule has 6 rings (SSSR count). The van der Waals surface area contributed by atoms with E-state index in [0.717, 1.165) is 26.7 Å². The van der Waals surface area contributed by atoms with Crippen molar-refractivity contribution in [3.05, 3.63) is 109 Å². The van der Waals surface area contributed by atoms with Crippen molar-refractivity contribution in [2.24, 2.45) is 0 Å². The zero-order valence-electron chi connectivity index (χ0n) is 19.0. The lowest BCUT2D eigenvalue weighted by molar-refractivity contribution is -0.121. The Morgan fingerprint density at radius 1 is 0.806 bits per heavy atom. The van der Waals surface area contributed by atoms with Crippen LogP contribution in [0.3, 0.4) is 0 Å². The van der Waals surface area contributed by atoms with Gasteiger partial charge in [-0.1, -0.05) is 54.2 Å². The van der Waals surface area contributed by atoms with Gasteiger partial charge in [0.1, 0.15) is 0 Å². The molecule has 1 amide bonds. The number of fused-ring (bicyclic) bond motifs is 3. The van der Waals surface area contributed by atoms with Crippen molar-refractivity contribution in [1.82, 2.24) is 9.97 Å². The Labute approximate surface area is 211 Å². The van der Waals surface area contributed by atoms with Gasteiger partial charge in [0, 0.05) is 33.1 Å². The molecule has 1 aliphatic rings. The van der Waals surface area contributed by atoms with Gasteiger partial charge >= 0.3 is 5.97 Å². The predicted molar refractivity (Wildman–Crippen MR) is 139 cm³/mol. The summed E-state index contributed by atoms with van der Waals surface area (Å²) in [7, 11) is 0. The monoisotopic (exact) mass is 489 g/mol. The van der Waals surface area contributed by atoms with E-state index in [4.69, 9.17) is 9.72 Å². The molecule has 7 heteroatoms. The van der Waals surface area contributed by atoms with Crippen LogP contribution in [0.25, 0.3) is 22.2 Å². The molecule has 6 nitrogen and oxygen atoms in total. The molecule has 0 aliphatic carbocycles. The van der Waals surface area contributed by atoms with Gasteiger partial charge in [-0.05, 0) is 48.5 Å². The summed E-state index contributed by atoms with van der Waals surface area (Å²) in [6, 6.07) is 28.2. The van der Waals surface area contributed by atoms with Gasteiger partial charge in [0.05, 0.1) is 28.1 Å². The van der Waals surface area contributed by atoms with Gasteiger partial charge in [-0.2, -0.15) is 0 Å². The molecule has 0 N–H and O–H groups in total. The van der Waals surface area contributed by atoms with Crippen LogP contribution in [0.15, 0.2) is 113 Å². The largest absolute Gasteiger partial charge is 0.452 e. The van der Waals surface area contributed by atoms with Gasteiger partial charge in [-0.15, -0.1) is 0 Å². The number of ether oxygens (including phenoxy) is 1. The highest BCUT2D eigenvalue weighted by Crippen LogP contribution is 2.47. The maximum absolute atomic E-state index is 13.4. The quantitative estimate of drug-likeness (QED) is 0.277. The van der Waals surface area contributed by atoms with Crippen molar-refractivity contribution >= 4 is 45.9 Å². The minimum Gasteiger partial charge on any atom is -0.452 e. The smallest absolute Gasteiger partial charge is 0.339 e. The Hall–Kier alpha value is -4.49. The average Bonchev–Trinajstić information content (AvgIpc) is 2.94. The molecule has 36 heavy (non-hydrogen) atoms. The molecule has 0 saturated heterocycles. The molecular weight excluding hydrogens is 470 g/mol. The number of anilines is 2. The first-order chi connectivity index (χ1) is 17.7. The average molecular weight is 490 g/mol. The van der Waals surface area contributed by atoms with Gasteiger partial charge < -0.3 is 4.74 Å². The second-order valence-corrected chi connectivity index (χ2v) is 9.23. The van der Waals surface area contributed by atoms with Crippen molar-refractivity contribution in [2.75, 3.05) is 11.5 Å². The maximum atomic E-state index is 13.4. The third-order valence-electron chi connectivity index (χ3n) is 5.92. The highest BCUT2D eigenvalue weighted by atomic mass is 32.2. The first-order valence-corrected chi connectivity index (χ1v) is 12.2. The fraction of sp³-hybridized carbons (Fsp3) is 0.0345. The summed E-state index contributed by atoms with van der Waals surface area (Å²) in [6.07, 6.45) is 3.35. The second-order valence-electron chi connectivity index (χ2n) is 8.15. The fourth-order valence-corrected chi connectivity index (χ4v) is 5.32. The summed E-state index contributed by atoms with van der Waals surface area (Å²) < 4.78 is 5.60. The number of hydrogen-bond acceptors (Lipinski definition) is 6. The summed E-state index contributed by atoms with van der Waals surface area (Å²) in [5, 5.41) is 0.665. The molecule has 3 aromatic carbocycles. The first kappa shape index (κ1) is 22.0. The standard InChI is InChI=1S/C29H19N3O3S/c33-28(32-24-9-3-5-11-26(24)36-27-12-6-4-10-25(27)32)18-35-29(34)21-17-23(19-13-15-30-16-14-19)31-22-8-2-1-7-20(21)22/h1-17H,18H2. The Morgan fingerprint density at radius 3 is 2.17 bits per heavy atom. The zero-order chi connectivity index (χ0) is 24.5. The molecule has 3 heterocycles. The molecule has 174 valence electrons. The number of pyridine rings is 2. The lowest BCUT2D eigenvalue weighted by atomic mass is 10.0. The highest BCUT2D eigenvalue weighted by molar-refractivity contribution is 7.99. The van der Waals surface area contributed by atoms with Gasteiger partial charge in [0.15, 0.2) is 6.61 Å². The van der Waals surface area contributed by atoms with Crippen molar-refractivity contribution in [2.45, 2.75) is 9.79 Å². The summed E-state index contributed by atoms with van der Waals surface area (Å²) in [4.78, 5) is 39.0. The predicted octanol–water partition coefficient (Wildman–Crippen LogP) is 6.28. The SMILES string of the molecule is O=C(OCC(=O)N1c2ccccc2Sc2ccccc21)c1cc(-c2ccncc2)nc2ccccc12. The van der Waals surface area contributed by atoms with Crippen LogP contribution in [0, 0.1) is 0 Å². The van der Waals surface area contributed by atoms with Gasteiger partial charge in [0.2, 0.25) is 0 Å². The molecule has 0 fully saturated rings. The van der Waals surface area contributed by atoms with Crippen molar-refractivity contribution in [3.8, 4) is 11.3 Å². The number of rotatable bonds is 4. The summed E-state index contributed by atoms with van der Waals surface area (Å²) >= 11 is 1.61. The zero-order valence-corrected chi connectivity index (χ0v) is 19.8. The molecule has 0 bridgehead atoms. The van der Waals surface area contributed by atoms with Crippen LogP contribution in [0.1, 0.15) is 10.4 Å². The third kappa shape index (κ3) is 3.99. The van der Waals surface area contributed by atoms with E-state index in [2.05, 4.69) is 4.98 Å². The number of aromatic nitrogens is 2. The molecule has 0 saturated carbocycles. The summed E-state index contributed by atoms with van der Waals surface area (Å²) in [6.45, 7) is -0.395. The van der Waals surface area contributed by atoms with Gasteiger partial charge in [0.25, 0.3) is 5.91 Å². The van der Waals surface area contributed by atoms with E-state index in [1.165, 1.54) is 0 Å². The number of para-hydroxylation sites is 3. The van der Waals surface area contributed by atoms with Crippen LogP contribution < -0.4 is 4.90 Å². The van der Waals surface area contributed by atoms with E-state index in [1.807, 2.05) is 84.9 Å². The van der Waals surface area contributed by atoms with Gasteiger partial charge in [-0.3, -0.25) is 14.7 Å². The molecule has 0 unspecified atom stereocenters. The van der Waals surface area contributed by atoms with E-state index in [1.54, 1.807) is 35.1 Å². The van der Waals surface area contributed by atoms with E-state index < -0.39 is 12.6 Å². The number of benzene rings is 3. The van der Waals surface area contributed by atoms with E-state index in [0.29, 0.717) is 22.2 Å². The minimum absolute atomic E-state index is 0.323. The van der Waals surface area contributed by atoms with Crippen LogP contribution in [0.4, 0.5) is 11.4 Å². The number of carbonyl (C=O) groups excluding carboxylic acids is 2. The van der Waals surface area contributed by atoms with Crippen LogP contribution in [0.5, 0.6) is 0 Å².